The lowest BCUT2D eigenvalue weighted by atomic mass is 10.2. The molecule has 0 bridgehead atoms. The zero-order valence-corrected chi connectivity index (χ0v) is 10.5. The Balaban J connectivity index is 2.10. The molecule has 0 saturated heterocycles. The van der Waals surface area contributed by atoms with Gasteiger partial charge in [0.1, 0.15) is 0 Å². The van der Waals surface area contributed by atoms with Gasteiger partial charge >= 0.3 is 0 Å². The first-order valence-corrected chi connectivity index (χ1v) is 5.96. The first-order valence-electron chi connectivity index (χ1n) is 5.96. The topological polar surface area (TPSA) is 67.9 Å². The molecule has 2 rings (SSSR count). The molecule has 94 valence electrons. The summed E-state index contributed by atoms with van der Waals surface area (Å²) in [6.45, 7) is 1.54. The third-order valence-electron chi connectivity index (χ3n) is 2.64. The molecule has 2 heterocycles. The molecule has 2 N–H and O–H groups in total. The lowest BCUT2D eigenvalue weighted by molar-refractivity contribution is 0.775. The number of hydrogen-bond donors (Lipinski definition) is 1. The van der Waals surface area contributed by atoms with Crippen LogP contribution in [-0.4, -0.2) is 35.1 Å². The van der Waals surface area contributed by atoms with Crippen LogP contribution in [0.5, 0.6) is 0 Å². The van der Waals surface area contributed by atoms with Gasteiger partial charge in [0, 0.05) is 37.7 Å². The van der Waals surface area contributed by atoms with Gasteiger partial charge in [-0.2, -0.15) is 0 Å². The van der Waals surface area contributed by atoms with Crippen molar-refractivity contribution in [2.24, 2.45) is 5.73 Å². The van der Waals surface area contributed by atoms with Gasteiger partial charge in [0.25, 0.3) is 0 Å². The molecule has 0 aromatic carbocycles. The molecule has 5 nitrogen and oxygen atoms in total. The molecule has 0 radical (unpaired) electrons. The maximum atomic E-state index is 5.48. The Morgan fingerprint density at radius 1 is 1.17 bits per heavy atom. The minimum Gasteiger partial charge on any atom is -0.344 e. The van der Waals surface area contributed by atoms with E-state index in [0.717, 1.165) is 24.2 Å². The Hall–Kier alpha value is -2.01. The first-order chi connectivity index (χ1) is 8.81. The van der Waals surface area contributed by atoms with Crippen LogP contribution in [0, 0.1) is 0 Å². The van der Waals surface area contributed by atoms with E-state index in [2.05, 4.69) is 15.0 Å². The largest absolute Gasteiger partial charge is 0.344 e. The minimum atomic E-state index is 0.677. The summed E-state index contributed by atoms with van der Waals surface area (Å²) in [5.74, 6) is 0.711. The molecule has 0 aliphatic heterocycles. The van der Waals surface area contributed by atoms with Gasteiger partial charge in [0.15, 0.2) is 0 Å². The minimum absolute atomic E-state index is 0.677. The van der Waals surface area contributed by atoms with Crippen molar-refractivity contribution in [3.8, 4) is 11.3 Å². The highest BCUT2D eigenvalue weighted by Gasteiger charge is 2.04. The summed E-state index contributed by atoms with van der Waals surface area (Å²) in [4.78, 5) is 14.9. The van der Waals surface area contributed by atoms with Gasteiger partial charge in [-0.05, 0) is 25.1 Å². The normalized spacial score (nSPS) is 10.3. The molecule has 0 spiro atoms. The van der Waals surface area contributed by atoms with Gasteiger partial charge in [-0.3, -0.25) is 4.98 Å². The standard InChI is InChI=1S/C13H17N5/c1-18(8-4-6-14)13-16-9-11(10-17-13)12-5-2-3-7-15-12/h2-3,5,7,9-10H,4,6,8,14H2,1H3. The maximum absolute atomic E-state index is 5.48. The second-order valence-electron chi connectivity index (χ2n) is 4.05. The predicted octanol–water partition coefficient (Wildman–Crippen LogP) is 1.32. The number of aromatic nitrogens is 3. The Kier molecular flexibility index (Phi) is 4.20. The summed E-state index contributed by atoms with van der Waals surface area (Å²) < 4.78 is 0. The average Bonchev–Trinajstić information content (AvgIpc) is 2.46. The lowest BCUT2D eigenvalue weighted by Gasteiger charge is -2.16. The van der Waals surface area contributed by atoms with Crippen LogP contribution in [0.2, 0.25) is 0 Å². The van der Waals surface area contributed by atoms with E-state index in [1.54, 1.807) is 18.6 Å². The van der Waals surface area contributed by atoms with Gasteiger partial charge in [0.05, 0.1) is 5.69 Å². The van der Waals surface area contributed by atoms with E-state index in [-0.39, 0.29) is 0 Å². The molecule has 0 aliphatic rings. The molecule has 5 heteroatoms. The van der Waals surface area contributed by atoms with E-state index in [0.29, 0.717) is 12.5 Å². The quantitative estimate of drug-likeness (QED) is 0.858. The van der Waals surface area contributed by atoms with E-state index in [9.17, 15) is 0 Å². The zero-order valence-electron chi connectivity index (χ0n) is 10.5. The summed E-state index contributed by atoms with van der Waals surface area (Å²) >= 11 is 0. The number of rotatable bonds is 5. The molecule has 2 aromatic heterocycles. The number of anilines is 1. The monoisotopic (exact) mass is 243 g/mol. The van der Waals surface area contributed by atoms with Crippen molar-refractivity contribution in [3.63, 3.8) is 0 Å². The number of nitrogens with two attached hydrogens (primary N) is 1. The Morgan fingerprint density at radius 3 is 2.56 bits per heavy atom. The summed E-state index contributed by atoms with van der Waals surface area (Å²) in [5.41, 5.74) is 7.29. The van der Waals surface area contributed by atoms with E-state index in [1.807, 2.05) is 30.1 Å². The van der Waals surface area contributed by atoms with Crippen molar-refractivity contribution in [2.45, 2.75) is 6.42 Å². The van der Waals surface area contributed by atoms with Crippen LogP contribution in [0.4, 0.5) is 5.95 Å². The molecule has 0 saturated carbocycles. The number of hydrogen-bond acceptors (Lipinski definition) is 5. The van der Waals surface area contributed by atoms with Crippen LogP contribution >= 0.6 is 0 Å². The molecule has 0 atom stereocenters. The van der Waals surface area contributed by atoms with Crippen molar-refractivity contribution in [1.82, 2.24) is 15.0 Å². The predicted molar refractivity (Wildman–Crippen MR) is 72.2 cm³/mol. The van der Waals surface area contributed by atoms with E-state index < -0.39 is 0 Å². The molecule has 2 aromatic rings. The lowest BCUT2D eigenvalue weighted by Crippen LogP contribution is -2.22. The molecule has 18 heavy (non-hydrogen) atoms. The van der Waals surface area contributed by atoms with E-state index in [4.69, 9.17) is 5.73 Å². The Morgan fingerprint density at radius 2 is 1.94 bits per heavy atom. The summed E-state index contributed by atoms with van der Waals surface area (Å²) in [5, 5.41) is 0. The third kappa shape index (κ3) is 3.01. The number of pyridine rings is 1. The molecular formula is C13H17N5. The van der Waals surface area contributed by atoms with Crippen molar-refractivity contribution in [2.75, 3.05) is 25.0 Å². The van der Waals surface area contributed by atoms with Crippen LogP contribution < -0.4 is 10.6 Å². The van der Waals surface area contributed by atoms with E-state index >= 15 is 0 Å². The van der Waals surface area contributed by atoms with Gasteiger partial charge in [0.2, 0.25) is 5.95 Å². The van der Waals surface area contributed by atoms with Crippen LogP contribution in [-0.2, 0) is 0 Å². The van der Waals surface area contributed by atoms with Crippen LogP contribution in [0.1, 0.15) is 6.42 Å². The van der Waals surface area contributed by atoms with Crippen molar-refractivity contribution < 1.29 is 0 Å². The van der Waals surface area contributed by atoms with Gasteiger partial charge < -0.3 is 10.6 Å². The molecule has 0 fully saturated rings. The highest BCUT2D eigenvalue weighted by Crippen LogP contribution is 2.15. The highest BCUT2D eigenvalue weighted by molar-refractivity contribution is 5.56. The fourth-order valence-electron chi connectivity index (χ4n) is 1.61. The molecular weight excluding hydrogens is 226 g/mol. The van der Waals surface area contributed by atoms with Gasteiger partial charge in [-0.15, -0.1) is 0 Å². The van der Waals surface area contributed by atoms with Gasteiger partial charge in [-0.25, -0.2) is 9.97 Å². The Labute approximate surface area is 107 Å². The second-order valence-corrected chi connectivity index (χ2v) is 4.05. The SMILES string of the molecule is CN(CCCN)c1ncc(-c2ccccn2)cn1. The van der Waals surface area contributed by atoms with Crippen molar-refractivity contribution >= 4 is 5.95 Å². The summed E-state index contributed by atoms with van der Waals surface area (Å²) in [7, 11) is 1.96. The van der Waals surface area contributed by atoms with Crippen LogP contribution in [0.3, 0.4) is 0 Å². The van der Waals surface area contributed by atoms with Crippen LogP contribution in [0.15, 0.2) is 36.8 Å². The fourth-order valence-corrected chi connectivity index (χ4v) is 1.61. The van der Waals surface area contributed by atoms with Gasteiger partial charge in [-0.1, -0.05) is 6.07 Å². The molecule has 0 unspecified atom stereocenters. The highest BCUT2D eigenvalue weighted by atomic mass is 15.2. The molecule has 0 aliphatic carbocycles. The Bertz CT molecular complexity index is 469. The van der Waals surface area contributed by atoms with Crippen molar-refractivity contribution in [3.05, 3.63) is 36.8 Å². The fraction of sp³-hybridized carbons (Fsp3) is 0.308. The third-order valence-corrected chi connectivity index (χ3v) is 2.64. The first kappa shape index (κ1) is 12.4. The summed E-state index contributed by atoms with van der Waals surface area (Å²) in [6, 6.07) is 5.78. The average molecular weight is 243 g/mol. The zero-order chi connectivity index (χ0) is 12.8. The summed E-state index contributed by atoms with van der Waals surface area (Å²) in [6.07, 6.45) is 6.28. The van der Waals surface area contributed by atoms with E-state index in [1.165, 1.54) is 0 Å². The second kappa shape index (κ2) is 6.07. The van der Waals surface area contributed by atoms with Crippen molar-refractivity contribution in [1.29, 1.82) is 0 Å². The van der Waals surface area contributed by atoms with Crippen LogP contribution in [0.25, 0.3) is 11.3 Å². The smallest absolute Gasteiger partial charge is 0.225 e. The molecule has 0 amide bonds. The number of nitrogens with zero attached hydrogens (tertiary/aromatic N) is 4. The maximum Gasteiger partial charge on any atom is 0.225 e.